The van der Waals surface area contributed by atoms with E-state index in [0.29, 0.717) is 0 Å². The summed E-state index contributed by atoms with van der Waals surface area (Å²) in [5.41, 5.74) is -0.0880. The summed E-state index contributed by atoms with van der Waals surface area (Å²) in [6.45, 7) is 0. The number of hydrogen-bond donors (Lipinski definition) is 2. The Balaban J connectivity index is 0.000000360. The molecule has 0 fully saturated rings. The van der Waals surface area contributed by atoms with Crippen molar-refractivity contribution >= 4 is 37.7 Å². The molecule has 3 nitrogen and oxygen atoms in total. The van der Waals surface area contributed by atoms with E-state index in [4.69, 9.17) is 0 Å². The maximum Gasteiger partial charge on any atom is 2.00 e. The molecule has 7 heavy (non-hydrogen) atoms. The Kier molecular flexibility index (Phi) is 3.42. The molecule has 0 amide bonds. The van der Waals surface area contributed by atoms with E-state index in [2.05, 4.69) is 10.2 Å². The zero-order valence-electron chi connectivity index (χ0n) is 3.77. The van der Waals surface area contributed by atoms with Gasteiger partial charge < -0.3 is 5.10 Å². The van der Waals surface area contributed by atoms with Crippen LogP contribution >= 0.6 is 0 Å². The molecule has 0 spiro atoms. The molecule has 1 rings (SSSR count). The van der Waals surface area contributed by atoms with Gasteiger partial charge in [0.05, 0.1) is 0 Å². The summed E-state index contributed by atoms with van der Waals surface area (Å²) in [4.78, 5) is 9.98. The van der Waals surface area contributed by atoms with E-state index in [0.717, 1.165) is 0 Å². The monoisotopic (exact) mass is 124 g/mol. The molecule has 0 unspecified atom stereocenters. The van der Waals surface area contributed by atoms with E-state index in [1.54, 1.807) is 6.20 Å². The number of aromatic amines is 2. The summed E-state index contributed by atoms with van der Waals surface area (Å²) in [6.07, 6.45) is 1.54. The Morgan fingerprint density at radius 3 is 2.43 bits per heavy atom. The zero-order chi connectivity index (χ0) is 4.41. The first kappa shape index (κ1) is 7.27. The first-order valence-corrected chi connectivity index (χ1v) is 1.61. The van der Waals surface area contributed by atoms with Gasteiger partial charge >= 0.3 is 37.7 Å². The Morgan fingerprint density at radius 1 is 1.57 bits per heavy atom. The summed E-state index contributed by atoms with van der Waals surface area (Å²) in [5.74, 6) is 0. The number of aromatic nitrogens is 2. The summed E-state index contributed by atoms with van der Waals surface area (Å²) in [5, 5.41) is 4.81. The summed E-state index contributed by atoms with van der Waals surface area (Å²) < 4.78 is 0. The quantitative estimate of drug-likeness (QED) is 0.442. The molecule has 0 radical (unpaired) electrons. The molecular weight excluding hydrogens is 120 g/mol. The summed E-state index contributed by atoms with van der Waals surface area (Å²) >= 11 is 0. The van der Waals surface area contributed by atoms with Crippen molar-refractivity contribution < 1.29 is 0 Å². The maximum absolute atomic E-state index is 9.98. The van der Waals surface area contributed by atoms with Gasteiger partial charge in [-0.05, 0) is 0 Å². The van der Waals surface area contributed by atoms with E-state index < -0.39 is 0 Å². The van der Waals surface area contributed by atoms with Crippen molar-refractivity contribution in [2.24, 2.45) is 0 Å². The first-order chi connectivity index (χ1) is 2.89. The van der Waals surface area contributed by atoms with Crippen LogP contribution in [0.3, 0.4) is 0 Å². The number of H-pyrrole nitrogens is 2. The zero-order valence-corrected chi connectivity index (χ0v) is 5.98. The van der Waals surface area contributed by atoms with Crippen LogP contribution in [0.25, 0.3) is 0 Å². The van der Waals surface area contributed by atoms with Gasteiger partial charge in [-0.2, -0.15) is 0 Å². The minimum Gasteiger partial charge on any atom is -0.305 e. The molecule has 1 heterocycles. The molecule has 0 aliphatic rings. The average molecular weight is 124 g/mol. The largest absolute Gasteiger partial charge is 2.00 e. The van der Waals surface area contributed by atoms with E-state index in [1.165, 1.54) is 6.07 Å². The Hall–Kier alpha value is 0.270. The molecule has 0 aliphatic heterocycles. The second kappa shape index (κ2) is 3.29. The number of hydrogen-bond acceptors (Lipinski definition) is 1. The van der Waals surface area contributed by atoms with Crippen molar-refractivity contribution in [2.45, 2.75) is 0 Å². The van der Waals surface area contributed by atoms with Crippen LogP contribution in [-0.2, 0) is 0 Å². The van der Waals surface area contributed by atoms with Crippen LogP contribution in [0.15, 0.2) is 17.1 Å². The predicted octanol–water partition coefficient (Wildman–Crippen LogP) is -0.678. The minimum atomic E-state index is -0.0880. The Labute approximate surface area is 70.1 Å². The molecule has 0 saturated heterocycles. The molecule has 0 saturated carbocycles. The normalized spacial score (nSPS) is 7.43. The Morgan fingerprint density at radius 2 is 2.29 bits per heavy atom. The predicted molar refractivity (Wildman–Crippen MR) is 27.2 cm³/mol. The standard InChI is InChI=1S/C3H4N2O.Ca/c6-3-1-2-4-5-3;/h1-2H,(H2,4,5,6);/q;+2. The molecule has 0 atom stereocenters. The maximum atomic E-state index is 9.98. The second-order valence-corrected chi connectivity index (χ2v) is 0.967. The fourth-order valence-electron chi connectivity index (χ4n) is 0.272. The van der Waals surface area contributed by atoms with Gasteiger partial charge in [0.25, 0.3) is 5.56 Å². The van der Waals surface area contributed by atoms with E-state index in [9.17, 15) is 4.79 Å². The van der Waals surface area contributed by atoms with Gasteiger partial charge in [0, 0.05) is 12.3 Å². The third-order valence-electron chi connectivity index (χ3n) is 0.513. The van der Waals surface area contributed by atoms with E-state index >= 15 is 0 Å². The van der Waals surface area contributed by atoms with Crippen molar-refractivity contribution in [1.29, 1.82) is 0 Å². The minimum absolute atomic E-state index is 0. The third kappa shape index (κ3) is 2.16. The molecule has 32 valence electrons. The van der Waals surface area contributed by atoms with Crippen LogP contribution < -0.4 is 5.56 Å². The van der Waals surface area contributed by atoms with Gasteiger partial charge in [0.2, 0.25) is 0 Å². The molecule has 0 aromatic carbocycles. The SMILES string of the molecule is O=c1cc[nH][nH]1.[Ca+2]. The smallest absolute Gasteiger partial charge is 0.305 e. The van der Waals surface area contributed by atoms with Crippen LogP contribution in [0.2, 0.25) is 0 Å². The van der Waals surface area contributed by atoms with Gasteiger partial charge in [-0.25, -0.2) is 0 Å². The molecule has 1 aromatic rings. The van der Waals surface area contributed by atoms with Crippen LogP contribution in [0.1, 0.15) is 0 Å². The van der Waals surface area contributed by atoms with Crippen LogP contribution in [0.4, 0.5) is 0 Å². The fraction of sp³-hybridized carbons (Fsp3) is 0. The molecule has 1 aromatic heterocycles. The van der Waals surface area contributed by atoms with Crippen LogP contribution in [-0.4, -0.2) is 47.9 Å². The number of nitrogens with one attached hydrogen (secondary N) is 2. The molecule has 2 N–H and O–H groups in total. The first-order valence-electron chi connectivity index (χ1n) is 1.61. The third-order valence-corrected chi connectivity index (χ3v) is 0.513. The Bertz CT molecular complexity index is 151. The van der Waals surface area contributed by atoms with Crippen LogP contribution in [0.5, 0.6) is 0 Å². The molecule has 0 aliphatic carbocycles. The van der Waals surface area contributed by atoms with Crippen molar-refractivity contribution in [2.75, 3.05) is 0 Å². The fourth-order valence-corrected chi connectivity index (χ4v) is 0.272. The molecule has 0 bridgehead atoms. The number of rotatable bonds is 0. The van der Waals surface area contributed by atoms with Crippen molar-refractivity contribution in [1.82, 2.24) is 10.2 Å². The summed E-state index contributed by atoms with van der Waals surface area (Å²) in [7, 11) is 0. The summed E-state index contributed by atoms with van der Waals surface area (Å²) in [6, 6.07) is 1.42. The topological polar surface area (TPSA) is 48.6 Å². The van der Waals surface area contributed by atoms with Gasteiger partial charge in [-0.1, -0.05) is 0 Å². The van der Waals surface area contributed by atoms with E-state index in [1.807, 2.05) is 0 Å². The van der Waals surface area contributed by atoms with Crippen molar-refractivity contribution in [3.63, 3.8) is 0 Å². The van der Waals surface area contributed by atoms with Gasteiger partial charge in [0.1, 0.15) is 0 Å². The average Bonchev–Trinajstić information content (AvgIpc) is 1.86. The van der Waals surface area contributed by atoms with E-state index in [-0.39, 0.29) is 43.3 Å². The molecular formula is C3H4CaN2O+2. The van der Waals surface area contributed by atoms with Crippen LogP contribution in [0, 0.1) is 0 Å². The van der Waals surface area contributed by atoms with Gasteiger partial charge in [-0.3, -0.25) is 9.89 Å². The van der Waals surface area contributed by atoms with Gasteiger partial charge in [0.15, 0.2) is 0 Å². The van der Waals surface area contributed by atoms with Crippen molar-refractivity contribution in [3.05, 3.63) is 22.6 Å². The van der Waals surface area contributed by atoms with Crippen molar-refractivity contribution in [3.8, 4) is 0 Å². The van der Waals surface area contributed by atoms with Gasteiger partial charge in [-0.15, -0.1) is 0 Å². The second-order valence-electron chi connectivity index (χ2n) is 0.967. The molecule has 4 heteroatoms.